The number of carbonyl (C=O) groups excluding carboxylic acids is 2. The van der Waals surface area contributed by atoms with Crippen LogP contribution in [0.25, 0.3) is 16.7 Å². The fourth-order valence-corrected chi connectivity index (χ4v) is 8.18. The number of hydrogen-bond donors (Lipinski definition) is 3. The molecule has 0 radical (unpaired) electrons. The van der Waals surface area contributed by atoms with Crippen molar-refractivity contribution >= 4 is 40.4 Å². The number of carbonyl (C=O) groups is 2. The number of nitrogens with zero attached hydrogens (tertiary/aromatic N) is 1. The van der Waals surface area contributed by atoms with E-state index in [1.807, 2.05) is 48.2 Å². The number of rotatable bonds is 21. The number of benzene rings is 2. The van der Waals surface area contributed by atoms with E-state index in [4.69, 9.17) is 18.9 Å². The van der Waals surface area contributed by atoms with Gasteiger partial charge in [-0.1, -0.05) is 30.7 Å². The van der Waals surface area contributed by atoms with Crippen LogP contribution >= 0.6 is 11.8 Å². The van der Waals surface area contributed by atoms with Crippen LogP contribution in [-0.4, -0.2) is 92.8 Å². The maximum atomic E-state index is 13.6. The van der Waals surface area contributed by atoms with E-state index in [0.717, 1.165) is 65.0 Å². The highest BCUT2D eigenvalue weighted by Crippen LogP contribution is 2.42. The molecule has 2 aromatic carbocycles. The van der Waals surface area contributed by atoms with Crippen LogP contribution in [0.4, 0.5) is 9.18 Å². The Kier molecular flexibility index (Phi) is 14.1. The van der Waals surface area contributed by atoms with Gasteiger partial charge in [0.15, 0.2) is 0 Å². The number of halogens is 1. The average Bonchev–Trinajstić information content (AvgIpc) is 3.88. The number of ether oxygens (including phenoxy) is 4. The molecule has 2 aliphatic heterocycles. The summed E-state index contributed by atoms with van der Waals surface area (Å²) in [5.41, 5.74) is 6.66. The summed E-state index contributed by atoms with van der Waals surface area (Å²) in [6.07, 6.45) is 9.85. The third-order valence-electron chi connectivity index (χ3n) is 9.31. The number of thioether (sulfide) groups is 1. The van der Waals surface area contributed by atoms with E-state index >= 15 is 0 Å². The number of pyridine rings is 1. The Hall–Kier alpha value is -4.23. The van der Waals surface area contributed by atoms with Gasteiger partial charge < -0.3 is 34.9 Å². The monoisotopic (exact) mass is 730 g/mol. The maximum absolute atomic E-state index is 13.6. The molecule has 2 saturated heterocycles. The lowest BCUT2D eigenvalue weighted by atomic mass is 9.96. The number of fused-ring (bicyclic) bond motifs is 1. The van der Waals surface area contributed by atoms with Crippen LogP contribution in [0.2, 0.25) is 0 Å². The first-order valence-corrected chi connectivity index (χ1v) is 19.1. The smallest absolute Gasteiger partial charge is 0.315 e. The molecule has 1 aliphatic carbocycles. The molecule has 6 rings (SSSR count). The first-order chi connectivity index (χ1) is 25.5. The Morgan fingerprint density at radius 1 is 0.827 bits per heavy atom. The standard InChI is InChI=1S/C40H47FN4O6S/c41-32-9-5-29(6-10-32)34-25-31(26-35(34)30-13-15-42-16-14-30)28-7-11-33(12-8-28)51-24-23-50-22-21-49-20-19-48-18-17-43-38(46)4-2-1-3-37-39-36(27-52-37)44-40(47)45-39/h5-16,26,36-37,39H,1-4,17-25,27H2,(H,43,46)(H2,44,45,47)/t36-,37-,39-/m0/s1. The van der Waals surface area contributed by atoms with Gasteiger partial charge in [0.1, 0.15) is 18.2 Å². The predicted molar refractivity (Wildman–Crippen MR) is 201 cm³/mol. The Labute approximate surface area is 308 Å². The highest BCUT2D eigenvalue weighted by atomic mass is 32.2. The SMILES string of the molecule is O=C(CCCC[C@@H]1SC[C@@H]2NC(=O)N[C@@H]21)NCCOCCOCCOCCOc1ccc(C2=CC(c3ccncc3)=C(c3ccc(F)cc3)C2)cc1. The summed E-state index contributed by atoms with van der Waals surface area (Å²) in [4.78, 5) is 27.8. The van der Waals surface area contributed by atoms with Gasteiger partial charge in [-0.2, -0.15) is 11.8 Å². The van der Waals surface area contributed by atoms with E-state index in [1.165, 1.54) is 17.7 Å². The largest absolute Gasteiger partial charge is 0.491 e. The van der Waals surface area contributed by atoms with Crippen LogP contribution in [0.3, 0.4) is 0 Å². The number of aromatic nitrogens is 1. The molecule has 3 amide bonds. The van der Waals surface area contributed by atoms with Crippen molar-refractivity contribution in [2.24, 2.45) is 0 Å². The van der Waals surface area contributed by atoms with Crippen LogP contribution in [-0.2, 0) is 19.0 Å². The van der Waals surface area contributed by atoms with Crippen molar-refractivity contribution in [2.75, 3.05) is 58.5 Å². The van der Waals surface area contributed by atoms with E-state index in [-0.39, 0.29) is 29.8 Å². The molecule has 276 valence electrons. The molecule has 0 bridgehead atoms. The molecule has 52 heavy (non-hydrogen) atoms. The zero-order valence-corrected chi connectivity index (χ0v) is 30.1. The van der Waals surface area contributed by atoms with Gasteiger partial charge in [0.2, 0.25) is 5.91 Å². The minimum atomic E-state index is -0.246. The van der Waals surface area contributed by atoms with Crippen molar-refractivity contribution in [3.8, 4) is 5.75 Å². The van der Waals surface area contributed by atoms with Gasteiger partial charge in [0, 0.05) is 36.4 Å². The third kappa shape index (κ3) is 10.9. The van der Waals surface area contributed by atoms with Crippen LogP contribution in [0, 0.1) is 5.82 Å². The molecule has 3 aliphatic rings. The molecule has 3 heterocycles. The van der Waals surface area contributed by atoms with E-state index < -0.39 is 0 Å². The predicted octanol–water partition coefficient (Wildman–Crippen LogP) is 5.89. The second-order valence-corrected chi connectivity index (χ2v) is 14.2. The molecule has 1 aromatic heterocycles. The molecular weight excluding hydrogens is 684 g/mol. The minimum absolute atomic E-state index is 0.0408. The van der Waals surface area contributed by atoms with Crippen molar-refractivity contribution in [1.29, 1.82) is 0 Å². The molecule has 12 heteroatoms. The lowest BCUT2D eigenvalue weighted by Crippen LogP contribution is -2.36. The molecule has 3 N–H and O–H groups in total. The fourth-order valence-electron chi connectivity index (χ4n) is 6.63. The summed E-state index contributed by atoms with van der Waals surface area (Å²) in [6, 6.07) is 19.1. The Morgan fingerprint density at radius 3 is 2.27 bits per heavy atom. The molecule has 3 atom stereocenters. The van der Waals surface area contributed by atoms with E-state index in [1.54, 1.807) is 12.4 Å². The molecule has 2 fully saturated rings. The van der Waals surface area contributed by atoms with Crippen molar-refractivity contribution in [1.82, 2.24) is 20.9 Å². The molecule has 10 nitrogen and oxygen atoms in total. The Morgan fingerprint density at radius 2 is 1.52 bits per heavy atom. The Balaban J connectivity index is 0.767. The summed E-state index contributed by atoms with van der Waals surface area (Å²) in [6.45, 7) is 3.62. The molecule has 3 aromatic rings. The average molecular weight is 731 g/mol. The van der Waals surface area contributed by atoms with Crippen LogP contribution < -0.4 is 20.7 Å². The normalized spacial score (nSPS) is 19.3. The Bertz CT molecular complexity index is 1670. The lowest BCUT2D eigenvalue weighted by Gasteiger charge is -2.16. The van der Waals surface area contributed by atoms with Gasteiger partial charge in [-0.25, -0.2) is 9.18 Å². The summed E-state index contributed by atoms with van der Waals surface area (Å²) in [5, 5.41) is 9.30. The summed E-state index contributed by atoms with van der Waals surface area (Å²) < 4.78 is 36.3. The number of amides is 3. The van der Waals surface area contributed by atoms with Gasteiger partial charge in [-0.15, -0.1) is 0 Å². The summed E-state index contributed by atoms with van der Waals surface area (Å²) in [7, 11) is 0. The number of unbranched alkanes of at least 4 members (excludes halogenated alkanes) is 1. The van der Waals surface area contributed by atoms with Crippen molar-refractivity contribution in [3.05, 3.63) is 102 Å². The zero-order valence-electron chi connectivity index (χ0n) is 29.3. The van der Waals surface area contributed by atoms with Crippen molar-refractivity contribution in [2.45, 2.75) is 49.4 Å². The zero-order chi connectivity index (χ0) is 36.0. The second kappa shape index (κ2) is 19.6. The van der Waals surface area contributed by atoms with Gasteiger partial charge in [0.25, 0.3) is 0 Å². The molecule has 0 saturated carbocycles. The van der Waals surface area contributed by atoms with Gasteiger partial charge >= 0.3 is 6.03 Å². The van der Waals surface area contributed by atoms with Gasteiger partial charge in [-0.05, 0) is 95.1 Å². The van der Waals surface area contributed by atoms with Crippen molar-refractivity contribution in [3.63, 3.8) is 0 Å². The number of hydrogen-bond acceptors (Lipinski definition) is 8. The summed E-state index contributed by atoms with van der Waals surface area (Å²) in [5.74, 6) is 1.52. The van der Waals surface area contributed by atoms with Gasteiger partial charge in [0.05, 0.1) is 51.7 Å². The fraction of sp³-hybridized carbons (Fsp3) is 0.425. The second-order valence-electron chi connectivity index (χ2n) is 12.9. The van der Waals surface area contributed by atoms with Gasteiger partial charge in [-0.3, -0.25) is 9.78 Å². The maximum Gasteiger partial charge on any atom is 0.315 e. The highest BCUT2D eigenvalue weighted by molar-refractivity contribution is 8.00. The minimum Gasteiger partial charge on any atom is -0.491 e. The van der Waals surface area contributed by atoms with Crippen molar-refractivity contribution < 1.29 is 32.9 Å². The number of allylic oxidation sites excluding steroid dienone is 4. The molecule has 0 unspecified atom stereocenters. The van der Waals surface area contributed by atoms with Crippen LogP contribution in [0.5, 0.6) is 5.75 Å². The van der Waals surface area contributed by atoms with Crippen LogP contribution in [0.1, 0.15) is 48.8 Å². The number of nitrogens with one attached hydrogen (secondary N) is 3. The summed E-state index contributed by atoms with van der Waals surface area (Å²) >= 11 is 1.90. The molecular formula is C40H47FN4O6S. The third-order valence-corrected chi connectivity index (χ3v) is 10.8. The highest BCUT2D eigenvalue weighted by Gasteiger charge is 2.42. The van der Waals surface area contributed by atoms with E-state index in [0.29, 0.717) is 64.5 Å². The topological polar surface area (TPSA) is 120 Å². The van der Waals surface area contributed by atoms with E-state index in [9.17, 15) is 14.0 Å². The van der Waals surface area contributed by atoms with E-state index in [2.05, 4.69) is 39.1 Å². The van der Waals surface area contributed by atoms with Crippen LogP contribution in [0.15, 0.2) is 79.1 Å². The number of urea groups is 1. The lowest BCUT2D eigenvalue weighted by molar-refractivity contribution is -0.121. The first kappa shape index (κ1) is 37.5. The quantitative estimate of drug-likeness (QED) is 0.0918. The molecule has 0 spiro atoms. The first-order valence-electron chi connectivity index (χ1n) is 18.1.